The first-order chi connectivity index (χ1) is 11.0. The van der Waals surface area contributed by atoms with Crippen molar-refractivity contribution in [3.05, 3.63) is 35.3 Å². The van der Waals surface area contributed by atoms with Gasteiger partial charge in [-0.05, 0) is 19.4 Å². The van der Waals surface area contributed by atoms with Crippen LogP contribution in [-0.4, -0.2) is 57.5 Å². The number of aliphatic hydroxyl groups excluding tert-OH is 1. The van der Waals surface area contributed by atoms with Gasteiger partial charge in [0, 0.05) is 24.7 Å². The zero-order valence-electron chi connectivity index (χ0n) is 13.2. The largest absolute Gasteiger partial charge is 0.464 e. The molecule has 1 saturated heterocycles. The highest BCUT2D eigenvalue weighted by Gasteiger charge is 2.32. The van der Waals surface area contributed by atoms with Crippen LogP contribution in [0.3, 0.4) is 0 Å². The van der Waals surface area contributed by atoms with Crippen LogP contribution in [-0.2, 0) is 17.7 Å². The normalized spacial score (nSPS) is 21.7. The van der Waals surface area contributed by atoms with Gasteiger partial charge in [-0.3, -0.25) is 10.00 Å². The number of aromatic nitrogens is 3. The number of oxazole rings is 1. The Kier molecular flexibility index (Phi) is 4.44. The van der Waals surface area contributed by atoms with Crippen LogP contribution in [0.15, 0.2) is 16.7 Å². The molecule has 2 N–H and O–H groups in total. The highest BCUT2D eigenvalue weighted by atomic mass is 16.5. The number of carbonyl (C=O) groups excluding carboxylic acids is 1. The average Bonchev–Trinajstić information content (AvgIpc) is 3.22. The van der Waals surface area contributed by atoms with E-state index in [1.54, 1.807) is 0 Å². The van der Waals surface area contributed by atoms with Crippen LogP contribution in [0.4, 0.5) is 0 Å². The van der Waals surface area contributed by atoms with Crippen LogP contribution < -0.4 is 0 Å². The second kappa shape index (κ2) is 6.51. The van der Waals surface area contributed by atoms with Gasteiger partial charge in [-0.25, -0.2) is 9.78 Å². The number of β-amino-alcohol motifs (C(OH)–C–C–N with tert-alkyl or cyclic N) is 1. The summed E-state index contributed by atoms with van der Waals surface area (Å²) in [5.41, 5.74) is 2.13. The van der Waals surface area contributed by atoms with Gasteiger partial charge in [0.05, 0.1) is 25.5 Å². The summed E-state index contributed by atoms with van der Waals surface area (Å²) in [6.45, 7) is 3.67. The molecule has 3 rings (SSSR count). The van der Waals surface area contributed by atoms with Gasteiger partial charge >= 0.3 is 5.97 Å². The van der Waals surface area contributed by atoms with Crippen molar-refractivity contribution in [3.8, 4) is 0 Å². The third-order valence-corrected chi connectivity index (χ3v) is 4.02. The van der Waals surface area contributed by atoms with Gasteiger partial charge in [0.15, 0.2) is 5.69 Å². The molecule has 0 unspecified atom stereocenters. The van der Waals surface area contributed by atoms with Crippen molar-refractivity contribution in [2.75, 3.05) is 20.2 Å². The van der Waals surface area contributed by atoms with E-state index in [9.17, 15) is 9.90 Å². The molecule has 1 fully saturated rings. The molecule has 0 spiro atoms. The monoisotopic (exact) mass is 320 g/mol. The number of rotatable bonds is 5. The minimum absolute atomic E-state index is 0.118. The van der Waals surface area contributed by atoms with E-state index in [1.165, 1.54) is 13.4 Å². The Morgan fingerprint density at radius 2 is 2.39 bits per heavy atom. The minimum Gasteiger partial charge on any atom is -0.464 e. The third kappa shape index (κ3) is 3.59. The Labute approximate surface area is 133 Å². The lowest BCUT2D eigenvalue weighted by Gasteiger charge is -2.12. The Hall–Kier alpha value is -2.19. The predicted molar refractivity (Wildman–Crippen MR) is 79.6 cm³/mol. The molecular weight excluding hydrogens is 300 g/mol. The summed E-state index contributed by atoms with van der Waals surface area (Å²) in [6, 6.07) is 1.99. The summed E-state index contributed by atoms with van der Waals surface area (Å²) in [4.78, 5) is 17.5. The molecule has 1 aliphatic heterocycles. The lowest BCUT2D eigenvalue weighted by molar-refractivity contribution is 0.0594. The fourth-order valence-electron chi connectivity index (χ4n) is 2.89. The number of aromatic amines is 1. The molecule has 0 amide bonds. The van der Waals surface area contributed by atoms with Crippen LogP contribution in [0.5, 0.6) is 0 Å². The number of esters is 1. The van der Waals surface area contributed by atoms with Crippen molar-refractivity contribution < 1.29 is 19.1 Å². The first-order valence-corrected chi connectivity index (χ1v) is 7.49. The SMILES string of the molecule is COC(=O)c1coc(CN2C[C@@H](Cc3cc(C)[nH]n3)[C@@H](O)C2)n1. The fraction of sp³-hybridized carbons (Fsp3) is 0.533. The second-order valence-corrected chi connectivity index (χ2v) is 5.89. The van der Waals surface area contributed by atoms with Crippen molar-refractivity contribution in [2.24, 2.45) is 5.92 Å². The topological polar surface area (TPSA) is 104 Å². The molecule has 124 valence electrons. The molecule has 0 radical (unpaired) electrons. The lowest BCUT2D eigenvalue weighted by Crippen LogP contribution is -2.21. The standard InChI is InChI=1S/C15H20N4O4/c1-9-3-11(18-17-9)4-10-5-19(6-13(10)20)7-14-16-12(8-23-14)15(21)22-2/h3,8,10,13,20H,4-7H2,1-2H3,(H,17,18)/t10-,13+/m1/s1. The molecule has 8 heteroatoms. The Morgan fingerprint density at radius 1 is 1.57 bits per heavy atom. The predicted octanol–water partition coefficient (Wildman–Crippen LogP) is 0.528. The first kappa shape index (κ1) is 15.7. The molecular formula is C15H20N4O4. The van der Waals surface area contributed by atoms with E-state index in [-0.39, 0.29) is 11.6 Å². The molecule has 1 aliphatic rings. The highest BCUT2D eigenvalue weighted by Crippen LogP contribution is 2.22. The third-order valence-electron chi connectivity index (χ3n) is 4.02. The van der Waals surface area contributed by atoms with E-state index >= 15 is 0 Å². The maximum absolute atomic E-state index is 11.4. The quantitative estimate of drug-likeness (QED) is 0.774. The summed E-state index contributed by atoms with van der Waals surface area (Å²) < 4.78 is 9.89. The smallest absolute Gasteiger partial charge is 0.360 e. The second-order valence-electron chi connectivity index (χ2n) is 5.89. The summed E-state index contributed by atoms with van der Waals surface area (Å²) in [6.07, 6.45) is 1.60. The average molecular weight is 320 g/mol. The zero-order chi connectivity index (χ0) is 16.4. The van der Waals surface area contributed by atoms with Crippen molar-refractivity contribution in [3.63, 3.8) is 0 Å². The number of likely N-dealkylation sites (tertiary alicyclic amines) is 1. The molecule has 0 saturated carbocycles. The molecule has 23 heavy (non-hydrogen) atoms. The molecule has 2 aromatic rings. The van der Waals surface area contributed by atoms with E-state index < -0.39 is 12.1 Å². The van der Waals surface area contributed by atoms with E-state index in [0.717, 1.165) is 24.4 Å². The number of carbonyl (C=O) groups is 1. The number of aliphatic hydroxyl groups is 1. The van der Waals surface area contributed by atoms with Crippen LogP contribution in [0.1, 0.15) is 27.8 Å². The van der Waals surface area contributed by atoms with Gasteiger partial charge in [-0.15, -0.1) is 0 Å². The van der Waals surface area contributed by atoms with Crippen LogP contribution in [0.2, 0.25) is 0 Å². The number of H-pyrrole nitrogens is 1. The number of ether oxygens (including phenoxy) is 1. The van der Waals surface area contributed by atoms with E-state index in [4.69, 9.17) is 4.42 Å². The minimum atomic E-state index is -0.520. The van der Waals surface area contributed by atoms with E-state index in [1.807, 2.05) is 13.0 Å². The summed E-state index contributed by atoms with van der Waals surface area (Å²) in [7, 11) is 1.30. The number of hydrogen-bond donors (Lipinski definition) is 2. The van der Waals surface area contributed by atoms with Crippen molar-refractivity contribution in [1.29, 1.82) is 0 Å². The maximum atomic E-state index is 11.4. The molecule has 3 heterocycles. The van der Waals surface area contributed by atoms with Gasteiger partial charge in [-0.1, -0.05) is 0 Å². The number of nitrogens with one attached hydrogen (secondary N) is 1. The maximum Gasteiger partial charge on any atom is 0.360 e. The van der Waals surface area contributed by atoms with Crippen LogP contribution in [0, 0.1) is 12.8 Å². The van der Waals surface area contributed by atoms with E-state index in [0.29, 0.717) is 19.0 Å². The summed E-state index contributed by atoms with van der Waals surface area (Å²) >= 11 is 0. The van der Waals surface area contributed by atoms with Gasteiger partial charge in [0.1, 0.15) is 6.26 Å². The first-order valence-electron chi connectivity index (χ1n) is 7.49. The van der Waals surface area contributed by atoms with Gasteiger partial charge in [0.25, 0.3) is 0 Å². The summed E-state index contributed by atoms with van der Waals surface area (Å²) in [5.74, 6) is 0.0369. The van der Waals surface area contributed by atoms with Crippen LogP contribution in [0.25, 0.3) is 0 Å². The molecule has 0 aliphatic carbocycles. The number of hydrogen-bond acceptors (Lipinski definition) is 7. The van der Waals surface area contributed by atoms with Crippen molar-refractivity contribution in [1.82, 2.24) is 20.1 Å². The Balaban J connectivity index is 1.58. The highest BCUT2D eigenvalue weighted by molar-refractivity contribution is 5.86. The Bertz CT molecular complexity index is 681. The van der Waals surface area contributed by atoms with Gasteiger partial charge in [-0.2, -0.15) is 5.10 Å². The van der Waals surface area contributed by atoms with E-state index in [2.05, 4.69) is 24.8 Å². The summed E-state index contributed by atoms with van der Waals surface area (Å²) in [5, 5.41) is 17.4. The lowest BCUT2D eigenvalue weighted by atomic mass is 10.0. The van der Waals surface area contributed by atoms with Crippen molar-refractivity contribution >= 4 is 5.97 Å². The number of methoxy groups -OCH3 is 1. The molecule has 8 nitrogen and oxygen atoms in total. The fourth-order valence-corrected chi connectivity index (χ4v) is 2.89. The van der Waals surface area contributed by atoms with Gasteiger partial charge in [0.2, 0.25) is 5.89 Å². The number of aryl methyl sites for hydroxylation is 1. The molecule has 0 bridgehead atoms. The molecule has 2 atom stereocenters. The van der Waals surface area contributed by atoms with Gasteiger partial charge < -0.3 is 14.3 Å². The van der Waals surface area contributed by atoms with Crippen molar-refractivity contribution in [2.45, 2.75) is 26.0 Å². The Morgan fingerprint density at radius 3 is 3.09 bits per heavy atom. The number of nitrogens with zero attached hydrogens (tertiary/aromatic N) is 3. The zero-order valence-corrected chi connectivity index (χ0v) is 13.2. The molecule has 0 aromatic carbocycles. The molecule has 2 aromatic heterocycles. The van der Waals surface area contributed by atoms with Crippen LogP contribution >= 0.6 is 0 Å².